The van der Waals surface area contributed by atoms with Crippen molar-refractivity contribution in [2.75, 3.05) is 19.8 Å². The number of carbonyl (C=O) groups is 1. The normalized spacial score (nSPS) is 17.2. The fraction of sp³-hybridized carbons (Fsp3) is 0.412. The first-order chi connectivity index (χ1) is 11.6. The van der Waals surface area contributed by atoms with Gasteiger partial charge in [-0.3, -0.25) is 4.79 Å². The molecule has 7 heteroatoms. The lowest BCUT2D eigenvalue weighted by atomic mass is 10.1. The summed E-state index contributed by atoms with van der Waals surface area (Å²) in [6, 6.07) is 7.50. The minimum atomic E-state index is -0.199. The number of aromatic nitrogens is 2. The molecule has 0 spiro atoms. The topological polar surface area (TPSA) is 56.2 Å². The van der Waals surface area contributed by atoms with Gasteiger partial charge in [-0.15, -0.1) is 0 Å². The average Bonchev–Trinajstić information content (AvgIpc) is 3.16. The molecule has 0 saturated carbocycles. The van der Waals surface area contributed by atoms with E-state index in [1.54, 1.807) is 11.6 Å². The molecular formula is C17H19Cl2N3O2. The summed E-state index contributed by atoms with van der Waals surface area (Å²) in [6.07, 6.45) is 0.971. The van der Waals surface area contributed by atoms with Gasteiger partial charge in [-0.25, -0.2) is 4.68 Å². The first-order valence-corrected chi connectivity index (χ1v) is 8.64. The van der Waals surface area contributed by atoms with Gasteiger partial charge in [0.2, 0.25) is 0 Å². The highest BCUT2D eigenvalue weighted by molar-refractivity contribution is 6.33. The molecule has 2 heterocycles. The van der Waals surface area contributed by atoms with Crippen molar-refractivity contribution in [1.82, 2.24) is 15.1 Å². The van der Waals surface area contributed by atoms with Crippen molar-refractivity contribution in [1.29, 1.82) is 0 Å². The third-order valence-electron chi connectivity index (χ3n) is 4.15. The number of hydrogen-bond donors (Lipinski definition) is 1. The summed E-state index contributed by atoms with van der Waals surface area (Å²) >= 11 is 12.6. The Bertz CT molecular complexity index is 739. The van der Waals surface area contributed by atoms with Crippen molar-refractivity contribution in [2.24, 2.45) is 5.92 Å². The molecule has 24 heavy (non-hydrogen) atoms. The molecule has 1 aliphatic heterocycles. The van der Waals surface area contributed by atoms with Gasteiger partial charge in [-0.1, -0.05) is 41.4 Å². The number of hydrogen-bond acceptors (Lipinski definition) is 3. The first kappa shape index (κ1) is 17.3. The monoisotopic (exact) mass is 367 g/mol. The zero-order valence-electron chi connectivity index (χ0n) is 13.4. The highest BCUT2D eigenvalue weighted by atomic mass is 35.5. The molecular weight excluding hydrogens is 349 g/mol. The van der Waals surface area contributed by atoms with Crippen LogP contribution in [0, 0.1) is 12.8 Å². The average molecular weight is 368 g/mol. The molecule has 1 saturated heterocycles. The number of amides is 1. The minimum absolute atomic E-state index is 0.199. The van der Waals surface area contributed by atoms with Crippen LogP contribution >= 0.6 is 23.2 Å². The summed E-state index contributed by atoms with van der Waals surface area (Å²) in [5.74, 6) is 0.168. The van der Waals surface area contributed by atoms with Gasteiger partial charge < -0.3 is 10.1 Å². The van der Waals surface area contributed by atoms with Crippen LogP contribution < -0.4 is 5.32 Å². The van der Waals surface area contributed by atoms with Gasteiger partial charge in [-0.2, -0.15) is 5.10 Å². The predicted molar refractivity (Wildman–Crippen MR) is 93.8 cm³/mol. The zero-order chi connectivity index (χ0) is 17.1. The van der Waals surface area contributed by atoms with Gasteiger partial charge in [0, 0.05) is 24.1 Å². The molecule has 1 N–H and O–H groups in total. The fourth-order valence-electron chi connectivity index (χ4n) is 2.77. The van der Waals surface area contributed by atoms with Gasteiger partial charge in [0.15, 0.2) is 0 Å². The lowest BCUT2D eigenvalue weighted by Gasteiger charge is -2.09. The van der Waals surface area contributed by atoms with Crippen molar-refractivity contribution in [3.05, 3.63) is 51.3 Å². The molecule has 0 unspecified atom stereocenters. The van der Waals surface area contributed by atoms with Crippen molar-refractivity contribution < 1.29 is 9.53 Å². The van der Waals surface area contributed by atoms with E-state index < -0.39 is 0 Å². The van der Waals surface area contributed by atoms with Crippen molar-refractivity contribution in [3.8, 4) is 0 Å². The third-order valence-corrected chi connectivity index (χ3v) is 4.90. The Morgan fingerprint density at radius 1 is 1.42 bits per heavy atom. The van der Waals surface area contributed by atoms with Crippen LogP contribution in [0.25, 0.3) is 0 Å². The second kappa shape index (κ2) is 7.55. The third kappa shape index (κ3) is 3.74. The second-order valence-electron chi connectivity index (χ2n) is 5.94. The molecule has 1 fully saturated rings. The Morgan fingerprint density at radius 2 is 2.21 bits per heavy atom. The maximum absolute atomic E-state index is 12.5. The van der Waals surface area contributed by atoms with Gasteiger partial charge in [0.25, 0.3) is 5.91 Å². The predicted octanol–water partition coefficient (Wildman–Crippen LogP) is 3.31. The number of rotatable bonds is 5. The van der Waals surface area contributed by atoms with E-state index in [4.69, 9.17) is 27.9 Å². The Hall–Kier alpha value is -1.56. The van der Waals surface area contributed by atoms with Crippen LogP contribution in [0.3, 0.4) is 0 Å². The van der Waals surface area contributed by atoms with Crippen molar-refractivity contribution in [3.63, 3.8) is 0 Å². The van der Waals surface area contributed by atoms with Crippen LogP contribution in [-0.4, -0.2) is 35.4 Å². The number of halogens is 2. The molecule has 5 nitrogen and oxygen atoms in total. The number of aryl methyl sites for hydroxylation is 1. The van der Waals surface area contributed by atoms with Gasteiger partial charge in [0.1, 0.15) is 5.15 Å². The highest BCUT2D eigenvalue weighted by Gasteiger charge is 2.22. The van der Waals surface area contributed by atoms with Crippen LogP contribution in [-0.2, 0) is 11.3 Å². The number of nitrogens with one attached hydrogen (secondary N) is 1. The number of benzene rings is 1. The minimum Gasteiger partial charge on any atom is -0.381 e. The second-order valence-corrected chi connectivity index (χ2v) is 6.71. The van der Waals surface area contributed by atoms with E-state index in [1.165, 1.54) is 0 Å². The SMILES string of the molecule is Cc1nn(Cc2ccccc2Cl)c(Cl)c1C(=O)NC[C@H]1CCOC1. The Balaban J connectivity index is 1.73. The quantitative estimate of drug-likeness (QED) is 0.881. The Kier molecular flexibility index (Phi) is 5.43. The maximum Gasteiger partial charge on any atom is 0.256 e. The van der Waals surface area contributed by atoms with Crippen LogP contribution in [0.15, 0.2) is 24.3 Å². The number of ether oxygens (including phenoxy) is 1. The van der Waals surface area contributed by atoms with E-state index in [9.17, 15) is 4.79 Å². The standard InChI is InChI=1S/C17H19Cl2N3O2/c1-11-15(17(23)20-8-12-6-7-24-10-12)16(19)22(21-11)9-13-4-2-3-5-14(13)18/h2-5,12H,6-10H2,1H3,(H,20,23)/t12-/m1/s1. The fourth-order valence-corrected chi connectivity index (χ4v) is 3.29. The molecule has 0 radical (unpaired) electrons. The first-order valence-electron chi connectivity index (χ1n) is 7.88. The highest BCUT2D eigenvalue weighted by Crippen LogP contribution is 2.23. The van der Waals surface area contributed by atoms with E-state index in [-0.39, 0.29) is 5.91 Å². The van der Waals surface area contributed by atoms with Crippen LogP contribution in [0.4, 0.5) is 0 Å². The lowest BCUT2D eigenvalue weighted by Crippen LogP contribution is -2.30. The van der Waals surface area contributed by atoms with Crippen LogP contribution in [0.5, 0.6) is 0 Å². The van der Waals surface area contributed by atoms with E-state index in [0.717, 1.165) is 18.6 Å². The molecule has 1 amide bonds. The lowest BCUT2D eigenvalue weighted by molar-refractivity contribution is 0.0944. The molecule has 128 valence electrons. The van der Waals surface area contributed by atoms with Crippen LogP contribution in [0.2, 0.25) is 10.2 Å². The Labute approximate surface area is 150 Å². The summed E-state index contributed by atoms with van der Waals surface area (Å²) in [4.78, 5) is 12.5. The van der Waals surface area contributed by atoms with Gasteiger partial charge in [0.05, 0.1) is 24.4 Å². The number of carbonyl (C=O) groups excluding carboxylic acids is 1. The summed E-state index contributed by atoms with van der Waals surface area (Å²) < 4.78 is 6.92. The van der Waals surface area contributed by atoms with E-state index >= 15 is 0 Å². The smallest absolute Gasteiger partial charge is 0.256 e. The van der Waals surface area contributed by atoms with E-state index in [2.05, 4.69) is 10.4 Å². The molecule has 1 aliphatic rings. The van der Waals surface area contributed by atoms with Gasteiger partial charge >= 0.3 is 0 Å². The summed E-state index contributed by atoms with van der Waals surface area (Å²) in [7, 11) is 0. The molecule has 1 aromatic heterocycles. The van der Waals surface area contributed by atoms with E-state index in [0.29, 0.717) is 47.0 Å². The molecule has 0 aliphatic carbocycles. The largest absolute Gasteiger partial charge is 0.381 e. The van der Waals surface area contributed by atoms with Crippen molar-refractivity contribution >= 4 is 29.1 Å². The molecule has 2 aromatic rings. The van der Waals surface area contributed by atoms with Crippen molar-refractivity contribution in [2.45, 2.75) is 19.9 Å². The zero-order valence-corrected chi connectivity index (χ0v) is 14.9. The molecule has 1 aromatic carbocycles. The molecule has 3 rings (SSSR count). The number of nitrogens with zero attached hydrogens (tertiary/aromatic N) is 2. The van der Waals surface area contributed by atoms with Crippen LogP contribution in [0.1, 0.15) is 28.0 Å². The van der Waals surface area contributed by atoms with E-state index in [1.807, 2.05) is 24.3 Å². The molecule has 1 atom stereocenters. The summed E-state index contributed by atoms with van der Waals surface area (Å²) in [5, 5.41) is 8.29. The summed E-state index contributed by atoms with van der Waals surface area (Å²) in [6.45, 7) is 4.24. The Morgan fingerprint density at radius 3 is 2.92 bits per heavy atom. The maximum atomic E-state index is 12.5. The summed E-state index contributed by atoms with van der Waals surface area (Å²) in [5.41, 5.74) is 1.92. The molecule has 0 bridgehead atoms. The van der Waals surface area contributed by atoms with Gasteiger partial charge in [-0.05, 0) is 25.0 Å².